The largest absolute Gasteiger partial charge is 0.355 e. The predicted octanol–water partition coefficient (Wildman–Crippen LogP) is 4.83. The van der Waals surface area contributed by atoms with Gasteiger partial charge in [0.05, 0.1) is 6.42 Å². The minimum absolute atomic E-state index is 0.102. The quantitative estimate of drug-likeness (QED) is 0.385. The molecular formula is C30H37N3O. The monoisotopic (exact) mass is 455 g/mol. The third-order valence-corrected chi connectivity index (χ3v) is 6.49. The number of amides is 1. The van der Waals surface area contributed by atoms with E-state index in [9.17, 15) is 4.79 Å². The van der Waals surface area contributed by atoms with Crippen molar-refractivity contribution < 1.29 is 4.79 Å². The summed E-state index contributed by atoms with van der Waals surface area (Å²) in [5, 5.41) is 6.65. The Hall–Kier alpha value is -2.95. The maximum absolute atomic E-state index is 12.4. The molecule has 1 heterocycles. The van der Waals surface area contributed by atoms with E-state index < -0.39 is 0 Å². The number of rotatable bonds is 12. The highest BCUT2D eigenvalue weighted by Crippen LogP contribution is 2.22. The van der Waals surface area contributed by atoms with E-state index in [1.54, 1.807) is 0 Å². The second kappa shape index (κ2) is 13.1. The summed E-state index contributed by atoms with van der Waals surface area (Å²) in [6.07, 6.45) is 5.23. The number of nitrogens with one attached hydrogen (secondary N) is 2. The molecule has 3 aromatic rings. The molecule has 0 atom stereocenters. The lowest BCUT2D eigenvalue weighted by Crippen LogP contribution is -2.34. The summed E-state index contributed by atoms with van der Waals surface area (Å²) in [4.78, 5) is 14.8. The van der Waals surface area contributed by atoms with Crippen molar-refractivity contribution in [1.82, 2.24) is 15.5 Å². The molecule has 0 aromatic heterocycles. The van der Waals surface area contributed by atoms with Crippen LogP contribution in [0.1, 0.15) is 36.0 Å². The van der Waals surface area contributed by atoms with Gasteiger partial charge in [0, 0.05) is 19.6 Å². The van der Waals surface area contributed by atoms with Gasteiger partial charge in [-0.3, -0.25) is 4.79 Å². The maximum Gasteiger partial charge on any atom is 0.224 e. The van der Waals surface area contributed by atoms with Gasteiger partial charge in [0.25, 0.3) is 0 Å². The lowest BCUT2D eigenvalue weighted by atomic mass is 10.00. The molecule has 178 valence electrons. The third-order valence-electron chi connectivity index (χ3n) is 6.49. The fourth-order valence-corrected chi connectivity index (χ4v) is 4.62. The summed E-state index contributed by atoms with van der Waals surface area (Å²) < 4.78 is 0. The molecule has 0 unspecified atom stereocenters. The number of aryl methyl sites for hydroxylation is 1. The van der Waals surface area contributed by atoms with E-state index >= 15 is 0 Å². The van der Waals surface area contributed by atoms with Crippen LogP contribution in [0.3, 0.4) is 0 Å². The fourth-order valence-electron chi connectivity index (χ4n) is 4.62. The standard InChI is InChI=1S/C30H37N3O/c34-30(32-17-20-33-18-4-5-19-33)23-26-11-6-14-28(21-26)29-15-7-12-27(22-29)24-31-16-8-13-25-9-2-1-3-10-25/h1-3,6-7,9-12,14-15,21-22,31H,4-5,8,13,16-20,23-24H2,(H,32,34). The minimum Gasteiger partial charge on any atom is -0.355 e. The Morgan fingerprint density at radius 3 is 2.21 bits per heavy atom. The molecule has 1 fully saturated rings. The first-order valence-electron chi connectivity index (χ1n) is 12.7. The van der Waals surface area contributed by atoms with Crippen LogP contribution in [0.5, 0.6) is 0 Å². The zero-order valence-electron chi connectivity index (χ0n) is 20.1. The van der Waals surface area contributed by atoms with Gasteiger partial charge >= 0.3 is 0 Å². The van der Waals surface area contributed by atoms with Crippen LogP contribution < -0.4 is 10.6 Å². The number of nitrogens with zero attached hydrogens (tertiary/aromatic N) is 1. The first-order chi connectivity index (χ1) is 16.8. The molecule has 1 amide bonds. The highest BCUT2D eigenvalue weighted by Gasteiger charge is 2.11. The zero-order valence-corrected chi connectivity index (χ0v) is 20.1. The Morgan fingerprint density at radius 1 is 0.765 bits per heavy atom. The number of carbonyl (C=O) groups excluding carboxylic acids is 1. The van der Waals surface area contributed by atoms with Crippen molar-refractivity contribution in [1.29, 1.82) is 0 Å². The van der Waals surface area contributed by atoms with Gasteiger partial charge in [-0.25, -0.2) is 0 Å². The van der Waals surface area contributed by atoms with Crippen LogP contribution in [0.15, 0.2) is 78.9 Å². The summed E-state index contributed by atoms with van der Waals surface area (Å²) in [5.41, 5.74) is 6.09. The van der Waals surface area contributed by atoms with Crippen molar-refractivity contribution in [3.05, 3.63) is 95.6 Å². The van der Waals surface area contributed by atoms with Crippen molar-refractivity contribution in [3.63, 3.8) is 0 Å². The van der Waals surface area contributed by atoms with E-state index in [1.807, 2.05) is 6.07 Å². The first-order valence-corrected chi connectivity index (χ1v) is 12.7. The van der Waals surface area contributed by atoms with Crippen molar-refractivity contribution in [3.8, 4) is 11.1 Å². The van der Waals surface area contributed by atoms with E-state index in [4.69, 9.17) is 0 Å². The smallest absolute Gasteiger partial charge is 0.224 e. The molecule has 0 spiro atoms. The lowest BCUT2D eigenvalue weighted by molar-refractivity contribution is -0.120. The van der Waals surface area contributed by atoms with Crippen LogP contribution >= 0.6 is 0 Å². The van der Waals surface area contributed by atoms with E-state index in [2.05, 4.69) is 88.3 Å². The molecule has 0 aliphatic carbocycles. The van der Waals surface area contributed by atoms with E-state index in [0.29, 0.717) is 6.42 Å². The van der Waals surface area contributed by atoms with Crippen LogP contribution in [0, 0.1) is 0 Å². The van der Waals surface area contributed by atoms with Crippen LogP contribution in [0.25, 0.3) is 11.1 Å². The summed E-state index contributed by atoms with van der Waals surface area (Å²) in [6, 6.07) is 27.7. The Kier molecular flexibility index (Phi) is 9.30. The molecule has 4 nitrogen and oxygen atoms in total. The average Bonchev–Trinajstić information content (AvgIpc) is 3.38. The average molecular weight is 456 g/mol. The Balaban J connectivity index is 1.23. The highest BCUT2D eigenvalue weighted by atomic mass is 16.1. The molecule has 2 N–H and O–H groups in total. The SMILES string of the molecule is O=C(Cc1cccc(-c2cccc(CNCCCc3ccccc3)c2)c1)NCCN1CCCC1. The molecule has 34 heavy (non-hydrogen) atoms. The zero-order chi connectivity index (χ0) is 23.4. The topological polar surface area (TPSA) is 44.4 Å². The number of likely N-dealkylation sites (tertiary alicyclic amines) is 1. The molecule has 4 rings (SSSR count). The van der Waals surface area contributed by atoms with Gasteiger partial charge in [0.2, 0.25) is 5.91 Å². The molecule has 0 saturated carbocycles. The summed E-state index contributed by atoms with van der Waals surface area (Å²) in [5.74, 6) is 0.102. The molecule has 1 aliphatic heterocycles. The van der Waals surface area contributed by atoms with Crippen molar-refractivity contribution in [2.24, 2.45) is 0 Å². The minimum atomic E-state index is 0.102. The Labute approximate surface area is 204 Å². The fraction of sp³-hybridized carbons (Fsp3) is 0.367. The van der Waals surface area contributed by atoms with Crippen LogP contribution in [0.4, 0.5) is 0 Å². The number of hydrogen-bond acceptors (Lipinski definition) is 3. The van der Waals surface area contributed by atoms with Crippen molar-refractivity contribution in [2.75, 3.05) is 32.7 Å². The molecule has 0 radical (unpaired) electrons. The molecule has 1 saturated heterocycles. The maximum atomic E-state index is 12.4. The number of benzene rings is 3. The Morgan fingerprint density at radius 2 is 1.44 bits per heavy atom. The van der Waals surface area contributed by atoms with E-state index in [0.717, 1.165) is 50.1 Å². The Bertz CT molecular complexity index is 1030. The van der Waals surface area contributed by atoms with Crippen LogP contribution in [-0.2, 0) is 24.2 Å². The van der Waals surface area contributed by atoms with Gasteiger partial charge in [0.15, 0.2) is 0 Å². The van der Waals surface area contributed by atoms with Gasteiger partial charge in [-0.1, -0.05) is 72.8 Å². The van der Waals surface area contributed by atoms with Crippen molar-refractivity contribution >= 4 is 5.91 Å². The third kappa shape index (κ3) is 7.82. The predicted molar refractivity (Wildman–Crippen MR) is 141 cm³/mol. The van der Waals surface area contributed by atoms with Gasteiger partial charge in [-0.2, -0.15) is 0 Å². The lowest BCUT2D eigenvalue weighted by Gasteiger charge is -2.14. The van der Waals surface area contributed by atoms with E-state index in [-0.39, 0.29) is 5.91 Å². The molecule has 0 bridgehead atoms. The summed E-state index contributed by atoms with van der Waals surface area (Å²) in [6.45, 7) is 5.89. The highest BCUT2D eigenvalue weighted by molar-refractivity contribution is 5.79. The first kappa shape index (κ1) is 24.2. The summed E-state index contributed by atoms with van der Waals surface area (Å²) >= 11 is 0. The molecule has 4 heteroatoms. The van der Waals surface area contributed by atoms with Gasteiger partial charge < -0.3 is 15.5 Å². The molecule has 3 aromatic carbocycles. The number of carbonyl (C=O) groups is 1. The summed E-state index contributed by atoms with van der Waals surface area (Å²) in [7, 11) is 0. The van der Waals surface area contributed by atoms with Crippen molar-refractivity contribution in [2.45, 2.75) is 38.6 Å². The van der Waals surface area contributed by atoms with Crippen LogP contribution in [0.2, 0.25) is 0 Å². The second-order valence-electron chi connectivity index (χ2n) is 9.24. The second-order valence-corrected chi connectivity index (χ2v) is 9.24. The normalized spacial score (nSPS) is 13.8. The van der Waals surface area contributed by atoms with E-state index in [1.165, 1.54) is 42.6 Å². The van der Waals surface area contributed by atoms with Gasteiger partial charge in [-0.15, -0.1) is 0 Å². The van der Waals surface area contributed by atoms with Gasteiger partial charge in [-0.05, 0) is 79.2 Å². The van der Waals surface area contributed by atoms with Crippen LogP contribution in [-0.4, -0.2) is 43.5 Å². The number of hydrogen-bond donors (Lipinski definition) is 2. The van der Waals surface area contributed by atoms with Gasteiger partial charge in [0.1, 0.15) is 0 Å². The molecule has 1 aliphatic rings. The molecular weight excluding hydrogens is 418 g/mol.